The summed E-state index contributed by atoms with van der Waals surface area (Å²) in [5, 5.41) is 18.1. The summed E-state index contributed by atoms with van der Waals surface area (Å²) in [6, 6.07) is 8.54. The molecule has 18 heavy (non-hydrogen) atoms. The molecule has 4 heteroatoms. The quantitative estimate of drug-likeness (QED) is 0.826. The molecule has 0 radical (unpaired) electrons. The Balaban J connectivity index is 2.32. The van der Waals surface area contributed by atoms with E-state index in [0.29, 0.717) is 24.0 Å². The van der Waals surface area contributed by atoms with Crippen LogP contribution in [0.1, 0.15) is 35.2 Å². The number of rotatable bonds is 3. The van der Waals surface area contributed by atoms with Crippen molar-refractivity contribution in [3.63, 3.8) is 0 Å². The normalized spacial score (nSPS) is 22.4. The van der Waals surface area contributed by atoms with Crippen LogP contribution in [-0.2, 0) is 4.79 Å². The number of carboxylic acids is 1. The summed E-state index contributed by atoms with van der Waals surface area (Å²) < 4.78 is 0. The van der Waals surface area contributed by atoms with E-state index in [2.05, 4.69) is 0 Å². The zero-order valence-electron chi connectivity index (χ0n) is 9.80. The summed E-state index contributed by atoms with van der Waals surface area (Å²) in [5.74, 6) is -2.22. The maximum Gasteiger partial charge on any atom is 0.307 e. The number of carboxylic acid groups (broad SMARTS) is 1. The number of benzene rings is 1. The number of hydrogen-bond acceptors (Lipinski definition) is 3. The van der Waals surface area contributed by atoms with E-state index in [1.54, 1.807) is 24.3 Å². The molecule has 1 aliphatic rings. The van der Waals surface area contributed by atoms with Crippen molar-refractivity contribution in [2.45, 2.75) is 19.3 Å². The third kappa shape index (κ3) is 2.12. The molecule has 0 aliphatic heterocycles. The third-order valence-corrected chi connectivity index (χ3v) is 3.48. The minimum Gasteiger partial charge on any atom is -0.481 e. The highest BCUT2D eigenvalue weighted by molar-refractivity contribution is 6.02. The van der Waals surface area contributed by atoms with E-state index < -0.39 is 17.8 Å². The van der Waals surface area contributed by atoms with Crippen LogP contribution in [0, 0.1) is 23.2 Å². The zero-order chi connectivity index (χ0) is 13.1. The lowest BCUT2D eigenvalue weighted by Crippen LogP contribution is -2.25. The fourth-order valence-corrected chi connectivity index (χ4v) is 2.56. The third-order valence-electron chi connectivity index (χ3n) is 3.48. The van der Waals surface area contributed by atoms with Crippen molar-refractivity contribution in [2.75, 3.05) is 0 Å². The summed E-state index contributed by atoms with van der Waals surface area (Å²) in [6.45, 7) is 0. The highest BCUT2D eigenvalue weighted by atomic mass is 16.4. The fourth-order valence-electron chi connectivity index (χ4n) is 2.56. The second-order valence-corrected chi connectivity index (χ2v) is 4.50. The molecule has 0 heterocycles. The highest BCUT2D eigenvalue weighted by Crippen LogP contribution is 2.34. The van der Waals surface area contributed by atoms with Crippen LogP contribution in [0.2, 0.25) is 0 Å². The van der Waals surface area contributed by atoms with Gasteiger partial charge in [-0.15, -0.1) is 0 Å². The molecule has 2 rings (SSSR count). The Hall–Kier alpha value is -2.15. The van der Waals surface area contributed by atoms with Gasteiger partial charge in [0, 0.05) is 11.5 Å². The summed E-state index contributed by atoms with van der Waals surface area (Å²) in [6.07, 6.45) is 1.89. The number of carbonyl (C=O) groups is 2. The van der Waals surface area contributed by atoms with E-state index in [1.165, 1.54) is 0 Å². The smallest absolute Gasteiger partial charge is 0.307 e. The second kappa shape index (κ2) is 5.01. The number of aliphatic carboxylic acids is 1. The molecule has 0 saturated heterocycles. The fraction of sp³-hybridized carbons (Fsp3) is 0.357. The number of Topliss-reactive ketones (excluding diaryl/α,β-unsaturated/α-hetero) is 1. The van der Waals surface area contributed by atoms with Gasteiger partial charge in [0.2, 0.25) is 0 Å². The van der Waals surface area contributed by atoms with Crippen molar-refractivity contribution in [1.29, 1.82) is 5.26 Å². The van der Waals surface area contributed by atoms with Gasteiger partial charge in [-0.25, -0.2) is 0 Å². The van der Waals surface area contributed by atoms with Gasteiger partial charge in [0.15, 0.2) is 5.78 Å². The molecule has 0 unspecified atom stereocenters. The van der Waals surface area contributed by atoms with Crippen molar-refractivity contribution >= 4 is 11.8 Å². The first-order chi connectivity index (χ1) is 8.65. The molecule has 0 aromatic heterocycles. The Morgan fingerprint density at radius 3 is 2.56 bits per heavy atom. The second-order valence-electron chi connectivity index (χ2n) is 4.50. The lowest BCUT2D eigenvalue weighted by atomic mass is 9.87. The van der Waals surface area contributed by atoms with Gasteiger partial charge in [-0.3, -0.25) is 9.59 Å². The number of nitriles is 1. The van der Waals surface area contributed by atoms with Crippen LogP contribution in [0.5, 0.6) is 0 Å². The maximum atomic E-state index is 12.3. The van der Waals surface area contributed by atoms with Gasteiger partial charge >= 0.3 is 5.97 Å². The van der Waals surface area contributed by atoms with E-state index in [-0.39, 0.29) is 5.78 Å². The van der Waals surface area contributed by atoms with Crippen molar-refractivity contribution < 1.29 is 14.7 Å². The van der Waals surface area contributed by atoms with Gasteiger partial charge in [-0.2, -0.15) is 5.26 Å². The Morgan fingerprint density at radius 2 is 1.89 bits per heavy atom. The molecule has 0 amide bonds. The molecule has 4 nitrogen and oxygen atoms in total. The minimum atomic E-state index is -0.916. The molecule has 1 aromatic carbocycles. The topological polar surface area (TPSA) is 78.2 Å². The molecule has 1 fully saturated rings. The van der Waals surface area contributed by atoms with Crippen molar-refractivity contribution in [1.82, 2.24) is 0 Å². The van der Waals surface area contributed by atoms with E-state index in [0.717, 1.165) is 6.42 Å². The van der Waals surface area contributed by atoms with Crippen LogP contribution < -0.4 is 0 Å². The molecule has 92 valence electrons. The lowest BCUT2D eigenvalue weighted by Gasteiger charge is -2.15. The van der Waals surface area contributed by atoms with Crippen molar-refractivity contribution in [3.05, 3.63) is 35.4 Å². The van der Waals surface area contributed by atoms with Gasteiger partial charge in [-0.1, -0.05) is 24.6 Å². The predicted octanol–water partition coefficient (Wildman–Crippen LogP) is 2.24. The molecule has 1 aliphatic carbocycles. The summed E-state index contributed by atoms with van der Waals surface area (Å²) in [4.78, 5) is 23.4. The van der Waals surface area contributed by atoms with E-state index >= 15 is 0 Å². The SMILES string of the molecule is N#Cc1ccccc1C(=O)[C@@H]1CCC[C@H]1C(=O)O. The van der Waals surface area contributed by atoms with Gasteiger partial charge in [-0.05, 0) is 18.9 Å². The zero-order valence-corrected chi connectivity index (χ0v) is 9.80. The van der Waals surface area contributed by atoms with Crippen LogP contribution in [0.25, 0.3) is 0 Å². The summed E-state index contributed by atoms with van der Waals surface area (Å²) >= 11 is 0. The highest BCUT2D eigenvalue weighted by Gasteiger charge is 2.38. The standard InChI is InChI=1S/C14H13NO3/c15-8-9-4-1-2-5-10(9)13(16)11-6-3-7-12(11)14(17)18/h1-2,4-5,11-12H,3,6-7H2,(H,17,18)/t11-,12-/m1/s1. The van der Waals surface area contributed by atoms with Crippen LogP contribution >= 0.6 is 0 Å². The van der Waals surface area contributed by atoms with Crippen molar-refractivity contribution in [3.8, 4) is 6.07 Å². The van der Waals surface area contributed by atoms with Crippen molar-refractivity contribution in [2.24, 2.45) is 11.8 Å². The first kappa shape index (κ1) is 12.3. The number of nitrogens with zero attached hydrogens (tertiary/aromatic N) is 1. The molecule has 0 spiro atoms. The van der Waals surface area contributed by atoms with E-state index in [4.69, 9.17) is 10.4 Å². The van der Waals surface area contributed by atoms with Gasteiger partial charge in [0.25, 0.3) is 0 Å². The van der Waals surface area contributed by atoms with Crippen LogP contribution in [0.15, 0.2) is 24.3 Å². The molecule has 1 N–H and O–H groups in total. The summed E-state index contributed by atoms with van der Waals surface area (Å²) in [7, 11) is 0. The molecule has 2 atom stereocenters. The molecule has 1 saturated carbocycles. The predicted molar refractivity (Wildman–Crippen MR) is 64.0 cm³/mol. The number of ketones is 1. The monoisotopic (exact) mass is 243 g/mol. The van der Waals surface area contributed by atoms with Gasteiger partial charge in [0.05, 0.1) is 17.6 Å². The van der Waals surface area contributed by atoms with Crippen LogP contribution in [0.4, 0.5) is 0 Å². The first-order valence-electron chi connectivity index (χ1n) is 5.91. The number of carbonyl (C=O) groups excluding carboxylic acids is 1. The molecule has 1 aromatic rings. The van der Waals surface area contributed by atoms with E-state index in [1.807, 2.05) is 6.07 Å². The molecular weight excluding hydrogens is 230 g/mol. The summed E-state index contributed by atoms with van der Waals surface area (Å²) in [5.41, 5.74) is 0.664. The van der Waals surface area contributed by atoms with Crippen LogP contribution in [-0.4, -0.2) is 16.9 Å². The Labute approximate surface area is 105 Å². The van der Waals surface area contributed by atoms with E-state index in [9.17, 15) is 9.59 Å². The minimum absolute atomic E-state index is 0.211. The molecular formula is C14H13NO3. The lowest BCUT2D eigenvalue weighted by molar-refractivity contribution is -0.142. The van der Waals surface area contributed by atoms with Crippen LogP contribution in [0.3, 0.4) is 0 Å². The van der Waals surface area contributed by atoms with Gasteiger partial charge < -0.3 is 5.11 Å². The Morgan fingerprint density at radius 1 is 1.22 bits per heavy atom. The first-order valence-corrected chi connectivity index (χ1v) is 5.91. The number of hydrogen-bond donors (Lipinski definition) is 1. The molecule has 0 bridgehead atoms. The largest absolute Gasteiger partial charge is 0.481 e. The van der Waals surface area contributed by atoms with Gasteiger partial charge in [0.1, 0.15) is 0 Å². The Kier molecular flexibility index (Phi) is 3.42. The average molecular weight is 243 g/mol. The maximum absolute atomic E-state index is 12.3. The Bertz CT molecular complexity index is 530. The average Bonchev–Trinajstić information content (AvgIpc) is 2.87.